The molecule has 1 atom stereocenters. The molecule has 4 rings (SSSR count). The Labute approximate surface area is 195 Å². The summed E-state index contributed by atoms with van der Waals surface area (Å²) in [6.07, 6.45) is 0. The SMILES string of the molecule is COc1ccc(C(CNC(=O)c2ccc(COc3ccccc3)cc2)N2CCOCC2)cc1. The normalized spacial score (nSPS) is 14.9. The number of hydrogen-bond acceptors (Lipinski definition) is 5. The van der Waals surface area contributed by atoms with Gasteiger partial charge in [0.25, 0.3) is 5.91 Å². The predicted octanol–water partition coefficient (Wildman–Crippen LogP) is 4.08. The van der Waals surface area contributed by atoms with Gasteiger partial charge in [0, 0.05) is 25.2 Å². The molecule has 3 aromatic rings. The first-order valence-corrected chi connectivity index (χ1v) is 11.2. The lowest BCUT2D eigenvalue weighted by molar-refractivity contribution is 0.0162. The summed E-state index contributed by atoms with van der Waals surface area (Å²) in [5.41, 5.74) is 2.79. The minimum absolute atomic E-state index is 0.0716. The molecule has 3 aromatic carbocycles. The lowest BCUT2D eigenvalue weighted by Crippen LogP contribution is -2.43. The minimum atomic E-state index is -0.0858. The number of morpholine rings is 1. The third-order valence-electron chi connectivity index (χ3n) is 5.81. The number of nitrogens with zero attached hydrogens (tertiary/aromatic N) is 1. The molecule has 0 bridgehead atoms. The summed E-state index contributed by atoms with van der Waals surface area (Å²) < 4.78 is 16.6. The fraction of sp³-hybridized carbons (Fsp3) is 0.296. The third kappa shape index (κ3) is 6.34. The highest BCUT2D eigenvalue weighted by atomic mass is 16.5. The summed E-state index contributed by atoms with van der Waals surface area (Å²) in [6, 6.07) is 25.4. The summed E-state index contributed by atoms with van der Waals surface area (Å²) in [6.45, 7) is 4.05. The van der Waals surface area contributed by atoms with Crippen LogP contribution in [0.15, 0.2) is 78.9 Å². The van der Waals surface area contributed by atoms with Crippen LogP contribution in [0.4, 0.5) is 0 Å². The van der Waals surface area contributed by atoms with Gasteiger partial charge in [0.2, 0.25) is 0 Å². The van der Waals surface area contributed by atoms with Crippen molar-refractivity contribution >= 4 is 5.91 Å². The number of hydrogen-bond donors (Lipinski definition) is 1. The van der Waals surface area contributed by atoms with Crippen molar-refractivity contribution in [3.63, 3.8) is 0 Å². The molecule has 6 heteroatoms. The van der Waals surface area contributed by atoms with Crippen molar-refractivity contribution in [2.24, 2.45) is 0 Å². The van der Waals surface area contributed by atoms with Crippen LogP contribution in [-0.2, 0) is 11.3 Å². The van der Waals surface area contributed by atoms with Crippen molar-refractivity contribution in [1.29, 1.82) is 0 Å². The number of methoxy groups -OCH3 is 1. The van der Waals surface area contributed by atoms with Crippen LogP contribution < -0.4 is 14.8 Å². The van der Waals surface area contributed by atoms with Gasteiger partial charge in [0.05, 0.1) is 26.4 Å². The number of carbonyl (C=O) groups is 1. The van der Waals surface area contributed by atoms with E-state index in [4.69, 9.17) is 14.2 Å². The van der Waals surface area contributed by atoms with Gasteiger partial charge in [-0.2, -0.15) is 0 Å². The van der Waals surface area contributed by atoms with E-state index >= 15 is 0 Å². The van der Waals surface area contributed by atoms with Crippen LogP contribution >= 0.6 is 0 Å². The fourth-order valence-corrected chi connectivity index (χ4v) is 3.90. The molecule has 172 valence electrons. The Hall–Kier alpha value is -3.35. The van der Waals surface area contributed by atoms with Crippen LogP contribution in [0.1, 0.15) is 27.5 Å². The molecule has 0 radical (unpaired) electrons. The van der Waals surface area contributed by atoms with Crippen molar-refractivity contribution in [1.82, 2.24) is 10.2 Å². The monoisotopic (exact) mass is 446 g/mol. The van der Waals surface area contributed by atoms with Gasteiger partial charge >= 0.3 is 0 Å². The van der Waals surface area contributed by atoms with Gasteiger partial charge in [-0.25, -0.2) is 0 Å². The van der Waals surface area contributed by atoms with E-state index in [9.17, 15) is 4.79 Å². The van der Waals surface area contributed by atoms with Gasteiger partial charge in [0.15, 0.2) is 0 Å². The zero-order valence-corrected chi connectivity index (χ0v) is 18.9. The fourth-order valence-electron chi connectivity index (χ4n) is 3.90. The van der Waals surface area contributed by atoms with Crippen LogP contribution in [0.25, 0.3) is 0 Å². The molecule has 1 aliphatic rings. The molecule has 33 heavy (non-hydrogen) atoms. The Balaban J connectivity index is 1.37. The molecule has 1 saturated heterocycles. The number of carbonyl (C=O) groups excluding carboxylic acids is 1. The topological polar surface area (TPSA) is 60.0 Å². The van der Waals surface area contributed by atoms with Crippen molar-refractivity contribution in [2.45, 2.75) is 12.6 Å². The summed E-state index contributed by atoms with van der Waals surface area (Å²) in [5, 5.41) is 3.12. The number of ether oxygens (including phenoxy) is 3. The molecule has 1 aliphatic heterocycles. The molecule has 1 fully saturated rings. The Morgan fingerprint density at radius 3 is 2.30 bits per heavy atom. The second-order valence-corrected chi connectivity index (χ2v) is 7.95. The zero-order valence-electron chi connectivity index (χ0n) is 18.9. The van der Waals surface area contributed by atoms with E-state index in [0.29, 0.717) is 31.9 Å². The Morgan fingerprint density at radius 2 is 1.64 bits per heavy atom. The van der Waals surface area contributed by atoms with E-state index in [2.05, 4.69) is 22.3 Å². The smallest absolute Gasteiger partial charge is 0.251 e. The van der Waals surface area contributed by atoms with Gasteiger partial charge in [0.1, 0.15) is 18.1 Å². The van der Waals surface area contributed by atoms with Crippen LogP contribution in [0.3, 0.4) is 0 Å². The van der Waals surface area contributed by atoms with Crippen LogP contribution in [0, 0.1) is 0 Å². The highest BCUT2D eigenvalue weighted by Crippen LogP contribution is 2.24. The zero-order chi connectivity index (χ0) is 22.9. The lowest BCUT2D eigenvalue weighted by atomic mass is 10.0. The molecule has 0 saturated carbocycles. The first-order chi connectivity index (χ1) is 16.2. The first-order valence-electron chi connectivity index (χ1n) is 11.2. The quantitative estimate of drug-likeness (QED) is 0.537. The largest absolute Gasteiger partial charge is 0.497 e. The molecule has 1 unspecified atom stereocenters. The summed E-state index contributed by atoms with van der Waals surface area (Å²) >= 11 is 0. The van der Waals surface area contributed by atoms with Crippen LogP contribution in [0.5, 0.6) is 11.5 Å². The van der Waals surface area contributed by atoms with E-state index in [-0.39, 0.29) is 11.9 Å². The van der Waals surface area contributed by atoms with Gasteiger partial charge in [-0.3, -0.25) is 9.69 Å². The molecular formula is C27H30N2O4. The predicted molar refractivity (Wildman–Crippen MR) is 128 cm³/mol. The maximum atomic E-state index is 12.8. The van der Waals surface area contributed by atoms with Crippen molar-refractivity contribution in [2.75, 3.05) is 40.0 Å². The maximum absolute atomic E-state index is 12.8. The Bertz CT molecular complexity index is 1000. The highest BCUT2D eigenvalue weighted by molar-refractivity contribution is 5.94. The Morgan fingerprint density at radius 1 is 0.939 bits per heavy atom. The summed E-state index contributed by atoms with van der Waals surface area (Å²) in [4.78, 5) is 15.2. The van der Waals surface area contributed by atoms with Gasteiger partial charge in [-0.1, -0.05) is 42.5 Å². The molecule has 1 N–H and O–H groups in total. The van der Waals surface area contributed by atoms with E-state index in [1.165, 1.54) is 0 Å². The minimum Gasteiger partial charge on any atom is -0.497 e. The second-order valence-electron chi connectivity index (χ2n) is 7.95. The molecule has 1 heterocycles. The lowest BCUT2D eigenvalue weighted by Gasteiger charge is -2.35. The van der Waals surface area contributed by atoms with Gasteiger partial charge in [-0.05, 0) is 47.5 Å². The van der Waals surface area contributed by atoms with E-state index in [0.717, 1.165) is 35.7 Å². The number of amides is 1. The number of para-hydroxylation sites is 1. The van der Waals surface area contributed by atoms with Crippen molar-refractivity contribution in [3.8, 4) is 11.5 Å². The molecule has 0 aliphatic carbocycles. The molecule has 0 spiro atoms. The van der Waals surface area contributed by atoms with E-state index < -0.39 is 0 Å². The molecule has 0 aromatic heterocycles. The average molecular weight is 447 g/mol. The summed E-state index contributed by atoms with van der Waals surface area (Å²) in [7, 11) is 1.66. The van der Waals surface area contributed by atoms with Crippen LogP contribution in [-0.4, -0.2) is 50.8 Å². The standard InChI is InChI=1S/C27H30N2O4/c1-31-24-13-11-22(12-14-24)26(29-15-17-32-18-16-29)19-28-27(30)23-9-7-21(8-10-23)20-33-25-5-3-2-4-6-25/h2-14,26H,15-20H2,1H3,(H,28,30). The van der Waals surface area contributed by atoms with Crippen molar-refractivity contribution < 1.29 is 19.0 Å². The first kappa shape index (κ1) is 22.8. The number of benzene rings is 3. The molecule has 6 nitrogen and oxygen atoms in total. The van der Waals surface area contributed by atoms with Gasteiger partial charge in [-0.15, -0.1) is 0 Å². The van der Waals surface area contributed by atoms with Crippen molar-refractivity contribution in [3.05, 3.63) is 95.6 Å². The van der Waals surface area contributed by atoms with Crippen LogP contribution in [0.2, 0.25) is 0 Å². The Kier molecular flexibility index (Phi) is 7.95. The molecule has 1 amide bonds. The van der Waals surface area contributed by atoms with Gasteiger partial charge < -0.3 is 19.5 Å². The third-order valence-corrected chi connectivity index (χ3v) is 5.81. The second kappa shape index (κ2) is 11.5. The van der Waals surface area contributed by atoms with E-state index in [1.807, 2.05) is 66.7 Å². The average Bonchev–Trinajstić information content (AvgIpc) is 2.89. The number of nitrogens with one attached hydrogen (secondary N) is 1. The van der Waals surface area contributed by atoms with E-state index in [1.54, 1.807) is 7.11 Å². The maximum Gasteiger partial charge on any atom is 0.251 e. The summed E-state index contributed by atoms with van der Waals surface area (Å²) in [5.74, 6) is 1.56. The highest BCUT2D eigenvalue weighted by Gasteiger charge is 2.23. The molecular weight excluding hydrogens is 416 g/mol. The number of rotatable bonds is 9.